The van der Waals surface area contributed by atoms with Crippen molar-refractivity contribution in [3.8, 4) is 0 Å². The number of unbranched alkanes of at least 4 members (excludes halogenated alkanes) is 22. The van der Waals surface area contributed by atoms with Crippen molar-refractivity contribution in [2.45, 2.75) is 200 Å². The van der Waals surface area contributed by atoms with E-state index < -0.39 is 32.5 Å². The first kappa shape index (κ1) is 54.9. The molecule has 0 rings (SSSR count). The Labute approximate surface area is 351 Å². The number of carbonyl (C=O) groups is 2. The van der Waals surface area contributed by atoms with Gasteiger partial charge in [0.2, 0.25) is 0 Å². The summed E-state index contributed by atoms with van der Waals surface area (Å²) in [6.07, 6.45) is 38.5. The smallest absolute Gasteiger partial charge is 0.790 e. The zero-order chi connectivity index (χ0) is 35.4. The molecule has 0 aliphatic rings. The van der Waals surface area contributed by atoms with E-state index in [2.05, 4.69) is 42.7 Å². The van der Waals surface area contributed by atoms with E-state index in [4.69, 9.17) is 9.47 Å². The summed E-state index contributed by atoms with van der Waals surface area (Å²) in [6.45, 7) is 3.47. The van der Waals surface area contributed by atoms with Crippen LogP contribution >= 0.6 is 7.82 Å². The molecule has 282 valence electrons. The normalized spacial score (nSPS) is 12.2. The molecular formula is C39H71Na2O8P. The molecule has 0 fully saturated rings. The SMILES string of the molecule is CCCCCCCC/C=C/CCCCCCCC(=O)OC[C@H](COP(=O)([O-])[O-])OC(=O)CCCCCCC/C=C/CCCCCCCC.[Na+].[Na+]. The van der Waals surface area contributed by atoms with Gasteiger partial charge in [-0.25, -0.2) is 0 Å². The minimum absolute atomic E-state index is 0. The van der Waals surface area contributed by atoms with Crippen LogP contribution in [0.4, 0.5) is 0 Å². The van der Waals surface area contributed by atoms with Crippen LogP contribution in [0.15, 0.2) is 24.3 Å². The number of phosphoric acid groups is 1. The summed E-state index contributed by atoms with van der Waals surface area (Å²) in [5, 5.41) is 0. The first-order valence-corrected chi connectivity index (χ1v) is 21.1. The van der Waals surface area contributed by atoms with Gasteiger partial charge in [0, 0.05) is 12.8 Å². The quantitative estimate of drug-likeness (QED) is 0.0305. The summed E-state index contributed by atoms with van der Waals surface area (Å²) in [4.78, 5) is 46.4. The second kappa shape index (κ2) is 42.3. The summed E-state index contributed by atoms with van der Waals surface area (Å²) in [7, 11) is -5.25. The van der Waals surface area contributed by atoms with Crippen LogP contribution < -0.4 is 68.9 Å². The first-order chi connectivity index (χ1) is 23.3. The molecule has 0 spiro atoms. The number of allylic oxidation sites excluding steroid dienone is 4. The van der Waals surface area contributed by atoms with E-state index in [1.807, 2.05) is 0 Å². The third-order valence-corrected chi connectivity index (χ3v) is 8.90. The molecule has 0 heterocycles. The summed E-state index contributed by atoms with van der Waals surface area (Å²) >= 11 is 0. The van der Waals surface area contributed by atoms with Gasteiger partial charge in [-0.2, -0.15) is 0 Å². The molecule has 0 aromatic heterocycles. The number of carbonyl (C=O) groups excluding carboxylic acids is 2. The fraction of sp³-hybridized carbons (Fsp3) is 0.846. The predicted octanol–water partition coefficient (Wildman–Crippen LogP) is 4.37. The van der Waals surface area contributed by atoms with E-state index in [1.165, 1.54) is 89.9 Å². The van der Waals surface area contributed by atoms with Crippen molar-refractivity contribution in [2.75, 3.05) is 13.2 Å². The van der Waals surface area contributed by atoms with Crippen LogP contribution in [-0.2, 0) is 28.2 Å². The topological polar surface area (TPSA) is 125 Å². The number of esters is 2. The molecule has 1 atom stereocenters. The molecule has 0 saturated carbocycles. The van der Waals surface area contributed by atoms with Crippen molar-refractivity contribution in [2.24, 2.45) is 0 Å². The molecule has 0 aromatic carbocycles. The van der Waals surface area contributed by atoms with E-state index in [1.54, 1.807) is 0 Å². The van der Waals surface area contributed by atoms with Gasteiger partial charge in [0.1, 0.15) is 6.61 Å². The second-order valence-electron chi connectivity index (χ2n) is 13.2. The zero-order valence-electron chi connectivity index (χ0n) is 32.8. The molecule has 0 saturated heterocycles. The van der Waals surface area contributed by atoms with Crippen molar-refractivity contribution in [1.82, 2.24) is 0 Å². The Hall–Kier alpha value is 0.530. The second-order valence-corrected chi connectivity index (χ2v) is 14.4. The minimum atomic E-state index is -5.25. The Morgan fingerprint density at radius 1 is 0.520 bits per heavy atom. The Kier molecular flexibility index (Phi) is 46.4. The standard InChI is InChI=1S/C39H73O8P.2Na/c1-3-5-7-9-11-13-15-17-19-21-23-25-27-29-31-33-38(40)45-35-37(36-46-48(42,43)44)47-39(41)34-32-30-28-26-24-22-20-18-16-14-12-10-8-6-4-2;;/h17-20,37H,3-16,21-36H2,1-2H3,(H2,42,43,44);;/q;2*+1/p-2/b19-17+,20-18+;;/t37-;;/m1../s1. The van der Waals surface area contributed by atoms with Gasteiger partial charge in [0.05, 0.1) is 14.4 Å². The average Bonchev–Trinajstić information content (AvgIpc) is 3.05. The molecule has 50 heavy (non-hydrogen) atoms. The molecular weight excluding hydrogens is 673 g/mol. The molecule has 0 unspecified atom stereocenters. The van der Waals surface area contributed by atoms with E-state index in [9.17, 15) is 23.9 Å². The molecule has 0 N–H and O–H groups in total. The van der Waals surface area contributed by atoms with E-state index >= 15 is 0 Å². The third-order valence-electron chi connectivity index (χ3n) is 8.43. The van der Waals surface area contributed by atoms with Crippen LogP contribution in [0.2, 0.25) is 0 Å². The van der Waals surface area contributed by atoms with Crippen LogP contribution in [0, 0.1) is 0 Å². The summed E-state index contributed by atoms with van der Waals surface area (Å²) in [6, 6.07) is 0. The van der Waals surface area contributed by atoms with Gasteiger partial charge in [-0.3, -0.25) is 9.59 Å². The summed E-state index contributed by atoms with van der Waals surface area (Å²) < 4.78 is 25.8. The fourth-order valence-electron chi connectivity index (χ4n) is 5.47. The van der Waals surface area contributed by atoms with Gasteiger partial charge in [-0.15, -0.1) is 0 Å². The number of hydrogen-bond acceptors (Lipinski definition) is 8. The van der Waals surface area contributed by atoms with Crippen molar-refractivity contribution in [1.29, 1.82) is 0 Å². The molecule has 0 aromatic rings. The average molecular weight is 745 g/mol. The fourth-order valence-corrected chi connectivity index (χ4v) is 5.82. The minimum Gasteiger partial charge on any atom is -0.790 e. The Bertz CT molecular complexity index is 850. The van der Waals surface area contributed by atoms with E-state index in [0.29, 0.717) is 12.8 Å². The van der Waals surface area contributed by atoms with Gasteiger partial charge < -0.3 is 28.3 Å². The number of hydrogen-bond donors (Lipinski definition) is 0. The predicted molar refractivity (Wildman–Crippen MR) is 193 cm³/mol. The summed E-state index contributed by atoms with van der Waals surface area (Å²) in [5.41, 5.74) is 0. The van der Waals surface area contributed by atoms with E-state index in [-0.39, 0.29) is 78.6 Å². The van der Waals surface area contributed by atoms with Crippen LogP contribution in [0.5, 0.6) is 0 Å². The van der Waals surface area contributed by atoms with Crippen molar-refractivity contribution < 1.29 is 97.1 Å². The first-order valence-electron chi connectivity index (χ1n) is 19.6. The number of phosphoric ester groups is 1. The van der Waals surface area contributed by atoms with Crippen LogP contribution in [0.25, 0.3) is 0 Å². The molecule has 0 radical (unpaired) electrons. The van der Waals surface area contributed by atoms with Crippen LogP contribution in [0.3, 0.4) is 0 Å². The Morgan fingerprint density at radius 3 is 1.24 bits per heavy atom. The monoisotopic (exact) mass is 744 g/mol. The van der Waals surface area contributed by atoms with Crippen LogP contribution in [0.1, 0.15) is 194 Å². The van der Waals surface area contributed by atoms with E-state index in [0.717, 1.165) is 64.2 Å². The van der Waals surface area contributed by atoms with Gasteiger partial charge in [-0.05, 0) is 64.2 Å². The maximum absolute atomic E-state index is 12.3. The Morgan fingerprint density at radius 2 is 0.860 bits per heavy atom. The largest absolute Gasteiger partial charge is 1.00 e. The van der Waals surface area contributed by atoms with Gasteiger partial charge in [-0.1, -0.05) is 141 Å². The molecule has 8 nitrogen and oxygen atoms in total. The van der Waals surface area contributed by atoms with Gasteiger partial charge >= 0.3 is 71.1 Å². The molecule has 11 heteroatoms. The van der Waals surface area contributed by atoms with Crippen LogP contribution in [-0.4, -0.2) is 31.3 Å². The van der Waals surface area contributed by atoms with Gasteiger partial charge in [0.25, 0.3) is 0 Å². The van der Waals surface area contributed by atoms with Gasteiger partial charge in [0.15, 0.2) is 6.10 Å². The molecule has 0 amide bonds. The number of ether oxygens (including phenoxy) is 2. The zero-order valence-corrected chi connectivity index (χ0v) is 37.7. The molecule has 0 aliphatic carbocycles. The Balaban J connectivity index is -0.0000110. The molecule has 0 aliphatic heterocycles. The molecule has 0 bridgehead atoms. The maximum Gasteiger partial charge on any atom is 1.00 e. The van der Waals surface area contributed by atoms with Crippen molar-refractivity contribution >= 4 is 19.8 Å². The third kappa shape index (κ3) is 44.7. The maximum atomic E-state index is 12.3. The van der Waals surface area contributed by atoms with Crippen molar-refractivity contribution in [3.05, 3.63) is 24.3 Å². The number of rotatable bonds is 36. The van der Waals surface area contributed by atoms with Crippen molar-refractivity contribution in [3.63, 3.8) is 0 Å². The summed E-state index contributed by atoms with van der Waals surface area (Å²) in [5.74, 6) is -0.973.